The van der Waals surface area contributed by atoms with Crippen molar-refractivity contribution in [2.75, 3.05) is 13.1 Å². The minimum absolute atomic E-state index is 0.0261. The summed E-state index contributed by atoms with van der Waals surface area (Å²) in [4.78, 5) is 17.6. The summed E-state index contributed by atoms with van der Waals surface area (Å²) in [6, 6.07) is 8.42. The summed E-state index contributed by atoms with van der Waals surface area (Å²) >= 11 is 0. The molecule has 5 nitrogen and oxygen atoms in total. The van der Waals surface area contributed by atoms with Gasteiger partial charge in [0.25, 0.3) is 5.91 Å². The molecule has 3 rings (SSSR count). The number of aromatic nitrogens is 1. The number of carbonyl (C=O) groups is 1. The molecule has 0 radical (unpaired) electrons. The molecular weight excluding hydrogens is 405 g/mol. The highest BCUT2D eigenvalue weighted by Gasteiger charge is 2.37. The van der Waals surface area contributed by atoms with Crippen molar-refractivity contribution in [3.63, 3.8) is 0 Å². The Kier molecular flexibility index (Phi) is 5.97. The molecule has 0 atom stereocenters. The lowest BCUT2D eigenvalue weighted by Crippen LogP contribution is -2.38. The van der Waals surface area contributed by atoms with Crippen molar-refractivity contribution in [2.24, 2.45) is 5.92 Å². The summed E-state index contributed by atoms with van der Waals surface area (Å²) in [7, 11) is -4.31. The first kappa shape index (κ1) is 21.3. The number of hydrogen-bond acceptors (Lipinski definition) is 4. The Morgan fingerprint density at radius 1 is 1.10 bits per heavy atom. The second-order valence-electron chi connectivity index (χ2n) is 7.24. The van der Waals surface area contributed by atoms with Crippen LogP contribution in [0.15, 0.2) is 47.4 Å². The van der Waals surface area contributed by atoms with Gasteiger partial charge in [-0.2, -0.15) is 13.2 Å². The Bertz CT molecular complexity index is 998. The lowest BCUT2D eigenvalue weighted by Gasteiger charge is -2.30. The number of hydrogen-bond donors (Lipinski definition) is 0. The van der Waals surface area contributed by atoms with Crippen LogP contribution in [-0.2, 0) is 21.8 Å². The van der Waals surface area contributed by atoms with Gasteiger partial charge in [0.05, 0.1) is 21.9 Å². The molecule has 2 aromatic rings. The smallest absolute Gasteiger partial charge is 0.337 e. The maximum Gasteiger partial charge on any atom is 0.417 e. The van der Waals surface area contributed by atoms with Crippen LogP contribution in [0.1, 0.15) is 41.5 Å². The molecule has 1 fully saturated rings. The molecule has 1 aliphatic heterocycles. The zero-order valence-corrected chi connectivity index (χ0v) is 16.6. The second kappa shape index (κ2) is 8.14. The molecule has 1 aromatic carbocycles. The fourth-order valence-corrected chi connectivity index (χ4v) is 4.81. The second-order valence-corrected chi connectivity index (χ2v) is 9.20. The van der Waals surface area contributed by atoms with E-state index in [9.17, 15) is 26.4 Å². The van der Waals surface area contributed by atoms with Crippen molar-refractivity contribution in [1.82, 2.24) is 9.88 Å². The van der Waals surface area contributed by atoms with Crippen LogP contribution in [0.4, 0.5) is 13.2 Å². The average Bonchev–Trinajstić information content (AvgIpc) is 2.67. The Labute approximate surface area is 167 Å². The topological polar surface area (TPSA) is 67.3 Å². The van der Waals surface area contributed by atoms with Gasteiger partial charge in [-0.1, -0.05) is 25.1 Å². The standard InChI is InChI=1S/C20H21F3N2O3S/c1-14-9-11-25(12-10-14)19(26)17-7-4-5-15(24-17)13-29(27,28)18-8-3-2-6-16(18)20(21,22)23/h2-8,14H,9-13H2,1H3. The minimum Gasteiger partial charge on any atom is -0.337 e. The van der Waals surface area contributed by atoms with E-state index in [4.69, 9.17) is 0 Å². The number of sulfone groups is 1. The van der Waals surface area contributed by atoms with Crippen molar-refractivity contribution in [3.05, 3.63) is 59.4 Å². The van der Waals surface area contributed by atoms with Crippen molar-refractivity contribution in [3.8, 4) is 0 Å². The van der Waals surface area contributed by atoms with Crippen molar-refractivity contribution in [1.29, 1.82) is 0 Å². The van der Waals surface area contributed by atoms with E-state index in [1.165, 1.54) is 24.3 Å². The number of piperidine rings is 1. The predicted octanol–water partition coefficient (Wildman–Crippen LogP) is 3.95. The van der Waals surface area contributed by atoms with Crippen LogP contribution in [0.2, 0.25) is 0 Å². The number of carbonyl (C=O) groups excluding carboxylic acids is 1. The van der Waals surface area contributed by atoms with E-state index in [0.29, 0.717) is 19.0 Å². The number of alkyl halides is 3. The number of pyridine rings is 1. The van der Waals surface area contributed by atoms with E-state index >= 15 is 0 Å². The molecule has 0 unspecified atom stereocenters. The van der Waals surface area contributed by atoms with Gasteiger partial charge in [-0.3, -0.25) is 4.79 Å². The number of amides is 1. The first-order valence-corrected chi connectivity index (χ1v) is 10.9. The molecule has 1 amide bonds. The van der Waals surface area contributed by atoms with Gasteiger partial charge in [-0.15, -0.1) is 0 Å². The summed E-state index contributed by atoms with van der Waals surface area (Å²) < 4.78 is 64.9. The Morgan fingerprint density at radius 3 is 2.41 bits per heavy atom. The monoisotopic (exact) mass is 426 g/mol. The summed E-state index contributed by atoms with van der Waals surface area (Å²) in [5, 5.41) is 0. The van der Waals surface area contributed by atoms with Crippen LogP contribution in [0, 0.1) is 5.92 Å². The minimum atomic E-state index is -4.79. The van der Waals surface area contributed by atoms with Crippen molar-refractivity contribution >= 4 is 15.7 Å². The lowest BCUT2D eigenvalue weighted by atomic mass is 9.99. The van der Waals surface area contributed by atoms with Crippen molar-refractivity contribution in [2.45, 2.75) is 36.6 Å². The van der Waals surface area contributed by atoms with Crippen LogP contribution in [0.3, 0.4) is 0 Å². The van der Waals surface area contributed by atoms with E-state index < -0.39 is 32.2 Å². The van der Waals surface area contributed by atoms with Gasteiger partial charge in [0.15, 0.2) is 9.84 Å². The summed E-state index contributed by atoms with van der Waals surface area (Å²) in [6.45, 7) is 3.32. The summed E-state index contributed by atoms with van der Waals surface area (Å²) in [6.07, 6.45) is -3.03. The first-order valence-electron chi connectivity index (χ1n) is 9.22. The summed E-state index contributed by atoms with van der Waals surface area (Å²) in [5.74, 6) is -0.484. The number of halogens is 3. The quantitative estimate of drug-likeness (QED) is 0.743. The molecule has 1 aliphatic rings. The highest BCUT2D eigenvalue weighted by Crippen LogP contribution is 2.35. The zero-order chi connectivity index (χ0) is 21.2. The summed E-state index contributed by atoms with van der Waals surface area (Å²) in [5.41, 5.74) is -1.09. The van der Waals surface area contributed by atoms with E-state index in [2.05, 4.69) is 11.9 Å². The number of likely N-dealkylation sites (tertiary alicyclic amines) is 1. The maximum atomic E-state index is 13.2. The van der Waals surface area contributed by atoms with Gasteiger partial charge >= 0.3 is 6.18 Å². The largest absolute Gasteiger partial charge is 0.417 e. The van der Waals surface area contributed by atoms with Gasteiger partial charge in [-0.05, 0) is 43.0 Å². The molecule has 2 heterocycles. The maximum absolute atomic E-state index is 13.2. The highest BCUT2D eigenvalue weighted by atomic mass is 32.2. The number of benzene rings is 1. The molecule has 29 heavy (non-hydrogen) atoms. The molecule has 1 aromatic heterocycles. The molecule has 0 N–H and O–H groups in total. The van der Waals surface area contributed by atoms with Gasteiger partial charge in [-0.25, -0.2) is 13.4 Å². The molecular formula is C20H21F3N2O3S. The van der Waals surface area contributed by atoms with E-state index in [0.717, 1.165) is 31.0 Å². The molecule has 0 saturated carbocycles. The number of nitrogens with zero attached hydrogens (tertiary/aromatic N) is 2. The van der Waals surface area contributed by atoms with Crippen LogP contribution in [0.25, 0.3) is 0 Å². The first-order chi connectivity index (χ1) is 13.6. The lowest BCUT2D eigenvalue weighted by molar-refractivity contribution is -0.139. The highest BCUT2D eigenvalue weighted by molar-refractivity contribution is 7.90. The molecule has 0 bridgehead atoms. The van der Waals surface area contributed by atoms with Gasteiger partial charge in [0, 0.05) is 13.1 Å². The van der Waals surface area contributed by atoms with E-state index in [1.54, 1.807) is 4.90 Å². The Morgan fingerprint density at radius 2 is 1.76 bits per heavy atom. The normalized spacial score (nSPS) is 16.1. The molecule has 0 aliphatic carbocycles. The van der Waals surface area contributed by atoms with Crippen LogP contribution < -0.4 is 0 Å². The SMILES string of the molecule is CC1CCN(C(=O)c2cccc(CS(=O)(=O)c3ccccc3C(F)(F)F)n2)CC1. The predicted molar refractivity (Wildman–Crippen MR) is 101 cm³/mol. The van der Waals surface area contributed by atoms with E-state index in [1.807, 2.05) is 0 Å². The van der Waals surface area contributed by atoms with Gasteiger partial charge in [0.2, 0.25) is 0 Å². The zero-order valence-electron chi connectivity index (χ0n) is 15.8. The van der Waals surface area contributed by atoms with E-state index in [-0.39, 0.29) is 17.3 Å². The van der Waals surface area contributed by atoms with Crippen LogP contribution in [0.5, 0.6) is 0 Å². The third kappa shape index (κ3) is 4.95. The fourth-order valence-electron chi connectivity index (χ4n) is 3.30. The molecule has 0 spiro atoms. The van der Waals surface area contributed by atoms with Crippen LogP contribution in [-0.4, -0.2) is 37.3 Å². The molecule has 1 saturated heterocycles. The van der Waals surface area contributed by atoms with Crippen LogP contribution >= 0.6 is 0 Å². The van der Waals surface area contributed by atoms with Gasteiger partial charge < -0.3 is 4.90 Å². The number of rotatable bonds is 4. The fraction of sp³-hybridized carbons (Fsp3) is 0.400. The third-order valence-corrected chi connectivity index (χ3v) is 6.66. The van der Waals surface area contributed by atoms with Gasteiger partial charge in [0.1, 0.15) is 5.69 Å². The Balaban J connectivity index is 1.84. The average molecular weight is 426 g/mol. The molecule has 9 heteroatoms. The third-order valence-electron chi connectivity index (χ3n) is 4.96. The molecule has 156 valence electrons. The van der Waals surface area contributed by atoms with Crippen molar-refractivity contribution < 1.29 is 26.4 Å². The Hall–Kier alpha value is -2.42.